The molecule has 0 saturated heterocycles. The molecule has 0 aromatic heterocycles. The summed E-state index contributed by atoms with van der Waals surface area (Å²) in [6, 6.07) is 0. The van der Waals surface area contributed by atoms with Crippen molar-refractivity contribution in [3.05, 3.63) is 0 Å². The highest BCUT2D eigenvalue weighted by molar-refractivity contribution is 5.72. The molecule has 0 aliphatic heterocycles. The fraction of sp³-hybridized carbons (Fsp3) is 0.846. The summed E-state index contributed by atoms with van der Waals surface area (Å²) in [5.41, 5.74) is 5.23. The average Bonchev–Trinajstić information content (AvgIpc) is 2.38. The lowest BCUT2D eigenvalue weighted by Crippen LogP contribution is -2.28. The zero-order valence-corrected chi connectivity index (χ0v) is 11.0. The van der Waals surface area contributed by atoms with Gasteiger partial charge in [-0.25, -0.2) is 0 Å². The van der Waals surface area contributed by atoms with Crippen LogP contribution in [-0.2, 0) is 19.1 Å². The quantitative estimate of drug-likeness (QED) is 0.727. The van der Waals surface area contributed by atoms with Gasteiger partial charge in [-0.2, -0.15) is 0 Å². The Morgan fingerprint density at radius 2 is 1.94 bits per heavy atom. The highest BCUT2D eigenvalue weighted by Gasteiger charge is 2.24. The Balaban J connectivity index is 2.20. The zero-order valence-electron chi connectivity index (χ0n) is 11.0. The van der Waals surface area contributed by atoms with Crippen LogP contribution >= 0.6 is 0 Å². The minimum Gasteiger partial charge on any atom is -0.462 e. The van der Waals surface area contributed by atoms with Crippen LogP contribution in [0.15, 0.2) is 0 Å². The van der Waals surface area contributed by atoms with Gasteiger partial charge in [0.15, 0.2) is 0 Å². The second kappa shape index (κ2) is 8.08. The van der Waals surface area contributed by atoms with Crippen molar-refractivity contribution in [3.63, 3.8) is 0 Å². The molecule has 1 aliphatic carbocycles. The lowest BCUT2D eigenvalue weighted by atomic mass is 9.89. The molecule has 0 aromatic rings. The molecule has 0 heterocycles. The highest BCUT2D eigenvalue weighted by atomic mass is 16.6. The van der Waals surface area contributed by atoms with Crippen molar-refractivity contribution in [3.8, 4) is 0 Å². The normalized spacial score (nSPS) is 18.1. The summed E-state index contributed by atoms with van der Waals surface area (Å²) in [6.07, 6.45) is 5.04. The first-order valence-corrected chi connectivity index (χ1v) is 6.69. The molecule has 5 heteroatoms. The van der Waals surface area contributed by atoms with Crippen LogP contribution in [-0.4, -0.2) is 31.2 Å². The number of rotatable bonds is 6. The minimum absolute atomic E-state index is 0.0287. The number of nitrogens with two attached hydrogens (primary N) is 1. The molecular formula is C13H23NO4. The smallest absolute Gasteiger partial charge is 0.309 e. The van der Waals surface area contributed by atoms with Gasteiger partial charge in [-0.15, -0.1) is 0 Å². The van der Waals surface area contributed by atoms with E-state index in [2.05, 4.69) is 0 Å². The van der Waals surface area contributed by atoms with E-state index >= 15 is 0 Å². The van der Waals surface area contributed by atoms with Crippen molar-refractivity contribution in [1.29, 1.82) is 0 Å². The van der Waals surface area contributed by atoms with Gasteiger partial charge >= 0.3 is 11.9 Å². The highest BCUT2D eigenvalue weighted by Crippen LogP contribution is 2.24. The van der Waals surface area contributed by atoms with Crippen molar-refractivity contribution < 1.29 is 19.1 Å². The summed E-state index contributed by atoms with van der Waals surface area (Å²) in [6.45, 7) is 2.11. The van der Waals surface area contributed by atoms with Gasteiger partial charge in [0, 0.05) is 6.54 Å². The lowest BCUT2D eigenvalue weighted by Gasteiger charge is -2.22. The van der Waals surface area contributed by atoms with Crippen molar-refractivity contribution in [2.45, 2.75) is 51.6 Å². The molecule has 1 rings (SSSR count). The van der Waals surface area contributed by atoms with Gasteiger partial charge in [0.25, 0.3) is 0 Å². The molecule has 104 valence electrons. The Labute approximate surface area is 108 Å². The topological polar surface area (TPSA) is 78.6 Å². The van der Waals surface area contributed by atoms with Crippen LogP contribution in [0, 0.1) is 5.92 Å². The first-order chi connectivity index (χ1) is 8.63. The van der Waals surface area contributed by atoms with Crippen LogP contribution < -0.4 is 5.73 Å². The van der Waals surface area contributed by atoms with Gasteiger partial charge in [-0.1, -0.05) is 19.3 Å². The first-order valence-electron chi connectivity index (χ1n) is 6.69. The van der Waals surface area contributed by atoms with E-state index in [4.69, 9.17) is 15.2 Å². The van der Waals surface area contributed by atoms with E-state index in [-0.39, 0.29) is 43.5 Å². The first kappa shape index (κ1) is 15.0. The number of hydrogen-bond acceptors (Lipinski definition) is 5. The molecule has 1 saturated carbocycles. The monoisotopic (exact) mass is 257 g/mol. The third-order valence-electron chi connectivity index (χ3n) is 3.08. The van der Waals surface area contributed by atoms with Crippen LogP contribution in [0.25, 0.3) is 0 Å². The summed E-state index contributed by atoms with van der Waals surface area (Å²) in [5.74, 6) is -0.476. The van der Waals surface area contributed by atoms with Gasteiger partial charge in [0.2, 0.25) is 0 Å². The number of carbonyl (C=O) groups is 2. The van der Waals surface area contributed by atoms with E-state index in [1.54, 1.807) is 6.92 Å². The Morgan fingerprint density at radius 3 is 2.56 bits per heavy atom. The van der Waals surface area contributed by atoms with Crippen LogP contribution in [0.4, 0.5) is 0 Å². The molecule has 1 fully saturated rings. The van der Waals surface area contributed by atoms with Crippen LogP contribution in [0.5, 0.6) is 0 Å². The van der Waals surface area contributed by atoms with E-state index in [1.807, 2.05) is 0 Å². The molecule has 2 N–H and O–H groups in total. The molecule has 0 aromatic carbocycles. The fourth-order valence-electron chi connectivity index (χ4n) is 2.07. The largest absolute Gasteiger partial charge is 0.462 e. The summed E-state index contributed by atoms with van der Waals surface area (Å²) in [7, 11) is 0. The molecule has 0 radical (unpaired) electrons. The van der Waals surface area contributed by atoms with Gasteiger partial charge in [-0.3, -0.25) is 9.59 Å². The molecule has 18 heavy (non-hydrogen) atoms. The summed E-state index contributed by atoms with van der Waals surface area (Å²) < 4.78 is 10.2. The predicted molar refractivity (Wildman–Crippen MR) is 66.8 cm³/mol. The fourth-order valence-corrected chi connectivity index (χ4v) is 2.07. The summed E-state index contributed by atoms with van der Waals surface area (Å²) in [4.78, 5) is 22.9. The van der Waals surface area contributed by atoms with Crippen molar-refractivity contribution in [2.75, 3.05) is 13.2 Å². The van der Waals surface area contributed by atoms with Gasteiger partial charge < -0.3 is 15.2 Å². The Kier molecular flexibility index (Phi) is 6.72. The Bertz CT molecular complexity index is 274. The van der Waals surface area contributed by atoms with Crippen molar-refractivity contribution in [1.82, 2.24) is 0 Å². The number of esters is 2. The van der Waals surface area contributed by atoms with Crippen molar-refractivity contribution >= 4 is 11.9 Å². The van der Waals surface area contributed by atoms with Crippen LogP contribution in [0.1, 0.15) is 45.4 Å². The molecule has 1 atom stereocenters. The maximum atomic E-state index is 11.8. The van der Waals surface area contributed by atoms with E-state index in [1.165, 1.54) is 6.42 Å². The van der Waals surface area contributed by atoms with Gasteiger partial charge in [0.05, 0.1) is 12.3 Å². The third-order valence-corrected chi connectivity index (χ3v) is 3.08. The van der Waals surface area contributed by atoms with E-state index in [0.717, 1.165) is 25.7 Å². The number of ether oxygens (including phenoxy) is 2. The summed E-state index contributed by atoms with van der Waals surface area (Å²) in [5, 5.41) is 0. The predicted octanol–water partition coefficient (Wildman–Crippen LogP) is 1.39. The van der Waals surface area contributed by atoms with E-state index in [9.17, 15) is 9.59 Å². The third kappa shape index (κ3) is 5.49. The lowest BCUT2D eigenvalue weighted by molar-refractivity contribution is -0.162. The van der Waals surface area contributed by atoms with Gasteiger partial charge in [0.1, 0.15) is 12.7 Å². The van der Waals surface area contributed by atoms with Crippen molar-refractivity contribution in [2.24, 2.45) is 11.7 Å². The molecule has 0 spiro atoms. The standard InChI is InChI=1S/C13H23NO4/c1-10(9-17-12(15)7-8-14)18-13(16)11-5-3-2-4-6-11/h10-11H,2-9,14H2,1H3. The Hall–Kier alpha value is -1.10. The second-order valence-electron chi connectivity index (χ2n) is 4.80. The summed E-state index contributed by atoms with van der Waals surface area (Å²) >= 11 is 0. The van der Waals surface area contributed by atoms with E-state index in [0.29, 0.717) is 0 Å². The minimum atomic E-state index is -0.388. The van der Waals surface area contributed by atoms with E-state index < -0.39 is 0 Å². The maximum absolute atomic E-state index is 11.8. The zero-order chi connectivity index (χ0) is 13.4. The Morgan fingerprint density at radius 1 is 1.28 bits per heavy atom. The SMILES string of the molecule is CC(COC(=O)CCN)OC(=O)C1CCCCC1. The molecule has 1 unspecified atom stereocenters. The number of carbonyl (C=O) groups excluding carboxylic acids is 2. The molecule has 1 aliphatic rings. The van der Waals surface area contributed by atoms with Crippen LogP contribution in [0.3, 0.4) is 0 Å². The maximum Gasteiger partial charge on any atom is 0.309 e. The van der Waals surface area contributed by atoms with Gasteiger partial charge in [-0.05, 0) is 19.8 Å². The second-order valence-corrected chi connectivity index (χ2v) is 4.80. The molecule has 5 nitrogen and oxygen atoms in total. The average molecular weight is 257 g/mol. The molecular weight excluding hydrogens is 234 g/mol. The molecule has 0 bridgehead atoms. The molecule has 0 amide bonds. The number of hydrogen-bond donors (Lipinski definition) is 1. The van der Waals surface area contributed by atoms with Crippen LogP contribution in [0.2, 0.25) is 0 Å².